The Bertz CT molecular complexity index is 788. The Balaban J connectivity index is 1.71. The highest BCUT2D eigenvalue weighted by molar-refractivity contribution is 6.07. The van der Waals surface area contributed by atoms with Crippen molar-refractivity contribution in [2.45, 2.75) is 53.4 Å². The van der Waals surface area contributed by atoms with E-state index >= 15 is 0 Å². The topological polar surface area (TPSA) is 75.7 Å². The number of imide groups is 1. The zero-order chi connectivity index (χ0) is 20.5. The minimum Gasteiger partial charge on any atom is -0.491 e. The first-order valence-electron chi connectivity index (χ1n) is 10.1. The summed E-state index contributed by atoms with van der Waals surface area (Å²) in [6.07, 6.45) is 3.32. The van der Waals surface area contributed by atoms with Gasteiger partial charge in [-0.3, -0.25) is 19.3 Å². The van der Waals surface area contributed by atoms with Crippen molar-refractivity contribution < 1.29 is 19.1 Å². The van der Waals surface area contributed by atoms with Gasteiger partial charge in [-0.1, -0.05) is 46.2 Å². The van der Waals surface area contributed by atoms with Gasteiger partial charge in [0, 0.05) is 5.92 Å². The van der Waals surface area contributed by atoms with Gasteiger partial charge in [-0.25, -0.2) is 0 Å². The number of piperidine rings is 1. The highest BCUT2D eigenvalue weighted by atomic mass is 16.5. The number of likely N-dealkylation sites (tertiary alicyclic amines) is 1. The van der Waals surface area contributed by atoms with E-state index in [9.17, 15) is 14.4 Å². The molecule has 3 amide bonds. The van der Waals surface area contributed by atoms with E-state index in [2.05, 4.69) is 12.2 Å². The van der Waals surface area contributed by atoms with Crippen LogP contribution in [0.3, 0.4) is 0 Å². The van der Waals surface area contributed by atoms with Gasteiger partial charge in [0.2, 0.25) is 17.7 Å². The van der Waals surface area contributed by atoms with Gasteiger partial charge in [0.25, 0.3) is 0 Å². The van der Waals surface area contributed by atoms with E-state index in [1.54, 1.807) is 12.1 Å². The second kappa shape index (κ2) is 7.57. The first-order valence-corrected chi connectivity index (χ1v) is 10.1. The number of hydrogen-bond donors (Lipinski definition) is 1. The highest BCUT2D eigenvalue weighted by Crippen LogP contribution is 2.59. The van der Waals surface area contributed by atoms with Gasteiger partial charge in [-0.2, -0.15) is 0 Å². The van der Waals surface area contributed by atoms with Crippen molar-refractivity contribution in [3.8, 4) is 5.75 Å². The Morgan fingerprint density at radius 2 is 1.96 bits per heavy atom. The van der Waals surface area contributed by atoms with Crippen LogP contribution in [0.5, 0.6) is 5.75 Å². The van der Waals surface area contributed by atoms with Crippen LogP contribution < -0.4 is 10.1 Å². The largest absolute Gasteiger partial charge is 0.491 e. The molecule has 1 N–H and O–H groups in total. The number of unbranched alkanes of at least 4 members (excludes halogenated alkanes) is 1. The summed E-state index contributed by atoms with van der Waals surface area (Å²) >= 11 is 0. The summed E-state index contributed by atoms with van der Waals surface area (Å²) in [4.78, 5) is 39.7. The van der Waals surface area contributed by atoms with Crippen LogP contribution in [0.1, 0.15) is 53.4 Å². The average Bonchev–Trinajstić information content (AvgIpc) is 2.84. The molecule has 1 aliphatic heterocycles. The minimum atomic E-state index is -0.604. The predicted octanol–water partition coefficient (Wildman–Crippen LogP) is 3.62. The summed E-state index contributed by atoms with van der Waals surface area (Å²) < 4.78 is 5.74. The molecule has 0 aromatic heterocycles. The van der Waals surface area contributed by atoms with Crippen molar-refractivity contribution >= 4 is 23.4 Å². The lowest BCUT2D eigenvalue weighted by Crippen LogP contribution is -2.60. The maximum absolute atomic E-state index is 13.1. The van der Waals surface area contributed by atoms with Crippen molar-refractivity contribution in [1.29, 1.82) is 0 Å². The molecule has 2 unspecified atom stereocenters. The molecule has 28 heavy (non-hydrogen) atoms. The summed E-state index contributed by atoms with van der Waals surface area (Å²) in [5.74, 6) is -0.483. The SMILES string of the molecule is CCCCOc1ccccc1NC(=O)CN1C(=O)C2CCC(C)(C1=O)C2(C)C. The molecule has 3 rings (SSSR count). The molecule has 6 nitrogen and oxygen atoms in total. The Morgan fingerprint density at radius 3 is 2.68 bits per heavy atom. The smallest absolute Gasteiger partial charge is 0.244 e. The van der Waals surface area contributed by atoms with Crippen molar-refractivity contribution in [1.82, 2.24) is 4.90 Å². The first-order chi connectivity index (χ1) is 13.2. The lowest BCUT2D eigenvalue weighted by molar-refractivity contribution is -0.168. The molecule has 2 aliphatic rings. The van der Waals surface area contributed by atoms with E-state index in [0.717, 1.165) is 17.7 Å². The summed E-state index contributed by atoms with van der Waals surface area (Å²) in [5, 5.41) is 2.80. The Hall–Kier alpha value is -2.37. The lowest BCUT2D eigenvalue weighted by atomic mass is 9.62. The molecule has 2 fully saturated rings. The molecular formula is C22H30N2O4. The van der Waals surface area contributed by atoms with Gasteiger partial charge >= 0.3 is 0 Å². The molecule has 1 aliphatic carbocycles. The molecule has 1 heterocycles. The third kappa shape index (κ3) is 3.29. The third-order valence-corrected chi connectivity index (χ3v) is 6.73. The van der Waals surface area contributed by atoms with Crippen LogP contribution in [0.2, 0.25) is 0 Å². The molecular weight excluding hydrogens is 356 g/mol. The summed E-state index contributed by atoms with van der Waals surface area (Å²) in [5.41, 5.74) is -0.434. The molecule has 0 radical (unpaired) electrons. The molecule has 1 aromatic carbocycles. The number of anilines is 1. The number of nitrogens with one attached hydrogen (secondary N) is 1. The van der Waals surface area contributed by atoms with Gasteiger partial charge in [0.05, 0.1) is 17.7 Å². The fraction of sp³-hybridized carbons (Fsp3) is 0.591. The van der Waals surface area contributed by atoms with Gasteiger partial charge in [-0.15, -0.1) is 0 Å². The predicted molar refractivity (Wildman–Crippen MR) is 107 cm³/mol. The third-order valence-electron chi connectivity index (χ3n) is 6.73. The van der Waals surface area contributed by atoms with Crippen LogP contribution in [0.4, 0.5) is 5.69 Å². The number of amides is 3. The van der Waals surface area contributed by atoms with Crippen LogP contribution in [-0.4, -0.2) is 35.8 Å². The number of hydrogen-bond acceptors (Lipinski definition) is 4. The van der Waals surface area contributed by atoms with Crippen LogP contribution in [-0.2, 0) is 14.4 Å². The number of nitrogens with zero attached hydrogens (tertiary/aromatic N) is 1. The van der Waals surface area contributed by atoms with Crippen LogP contribution in [0.15, 0.2) is 24.3 Å². The molecule has 1 saturated heterocycles. The molecule has 6 heteroatoms. The Labute approximate surface area is 166 Å². The molecule has 1 saturated carbocycles. The molecule has 1 aromatic rings. The maximum atomic E-state index is 13.1. The Morgan fingerprint density at radius 1 is 1.25 bits per heavy atom. The number of carbonyl (C=O) groups is 3. The van der Waals surface area contributed by atoms with Crippen LogP contribution in [0.25, 0.3) is 0 Å². The fourth-order valence-corrected chi connectivity index (χ4v) is 4.41. The lowest BCUT2D eigenvalue weighted by Gasteiger charge is -2.47. The second-order valence-corrected chi connectivity index (χ2v) is 8.62. The van der Waals surface area contributed by atoms with E-state index in [4.69, 9.17) is 4.74 Å². The first kappa shape index (κ1) is 20.4. The van der Waals surface area contributed by atoms with Gasteiger partial charge in [-0.05, 0) is 36.8 Å². The molecule has 0 spiro atoms. The van der Waals surface area contributed by atoms with Crippen molar-refractivity contribution in [3.05, 3.63) is 24.3 Å². The van der Waals surface area contributed by atoms with Crippen LogP contribution in [0, 0.1) is 16.7 Å². The number of carbonyl (C=O) groups excluding carboxylic acids is 3. The average molecular weight is 386 g/mol. The van der Waals surface area contributed by atoms with Gasteiger partial charge in [0.1, 0.15) is 12.3 Å². The highest BCUT2D eigenvalue weighted by Gasteiger charge is 2.64. The quantitative estimate of drug-likeness (QED) is 0.574. The number of rotatable bonds is 7. The molecule has 2 bridgehead atoms. The zero-order valence-electron chi connectivity index (χ0n) is 17.2. The monoisotopic (exact) mass is 386 g/mol. The number of fused-ring (bicyclic) bond motifs is 2. The minimum absolute atomic E-state index is 0.215. The summed E-state index contributed by atoms with van der Waals surface area (Å²) in [7, 11) is 0. The van der Waals surface area contributed by atoms with E-state index in [0.29, 0.717) is 30.9 Å². The van der Waals surface area contributed by atoms with E-state index in [-0.39, 0.29) is 29.7 Å². The summed E-state index contributed by atoms with van der Waals surface area (Å²) in [6.45, 7) is 8.29. The number of para-hydroxylation sites is 2. The number of ether oxygens (including phenoxy) is 1. The van der Waals surface area contributed by atoms with Crippen LogP contribution >= 0.6 is 0 Å². The second-order valence-electron chi connectivity index (χ2n) is 8.62. The molecule has 152 valence electrons. The zero-order valence-corrected chi connectivity index (χ0v) is 17.2. The van der Waals surface area contributed by atoms with Gasteiger partial charge < -0.3 is 10.1 Å². The van der Waals surface area contributed by atoms with E-state index in [1.165, 1.54) is 0 Å². The molecule has 2 atom stereocenters. The van der Waals surface area contributed by atoms with E-state index in [1.807, 2.05) is 32.9 Å². The van der Waals surface area contributed by atoms with Crippen molar-refractivity contribution in [2.24, 2.45) is 16.7 Å². The van der Waals surface area contributed by atoms with Crippen molar-refractivity contribution in [3.63, 3.8) is 0 Å². The normalized spacial score (nSPS) is 25.7. The van der Waals surface area contributed by atoms with E-state index < -0.39 is 11.3 Å². The standard InChI is InChI=1S/C22H30N2O4/c1-5-6-13-28-17-10-8-7-9-16(17)23-18(25)14-24-19(26)15-11-12-22(4,20(24)27)21(15,2)3/h7-10,15H,5-6,11-14H2,1-4H3,(H,23,25). The van der Waals surface area contributed by atoms with Crippen molar-refractivity contribution in [2.75, 3.05) is 18.5 Å². The Kier molecular flexibility index (Phi) is 5.50. The fourth-order valence-electron chi connectivity index (χ4n) is 4.41. The maximum Gasteiger partial charge on any atom is 0.244 e. The summed E-state index contributed by atoms with van der Waals surface area (Å²) in [6, 6.07) is 7.21. The van der Waals surface area contributed by atoms with Gasteiger partial charge in [0.15, 0.2) is 0 Å². The number of benzene rings is 1.